The van der Waals surface area contributed by atoms with E-state index < -0.39 is 0 Å². The van der Waals surface area contributed by atoms with Gasteiger partial charge in [0.15, 0.2) is 5.16 Å². The monoisotopic (exact) mass is 445 g/mol. The van der Waals surface area contributed by atoms with Gasteiger partial charge in [0.25, 0.3) is 5.56 Å². The van der Waals surface area contributed by atoms with Crippen LogP contribution in [0.5, 0.6) is 11.5 Å². The van der Waals surface area contributed by atoms with Crippen LogP contribution in [0.4, 0.5) is 5.69 Å². The maximum absolute atomic E-state index is 12.7. The van der Waals surface area contributed by atoms with Crippen molar-refractivity contribution in [1.29, 1.82) is 0 Å². The molecule has 158 valence electrons. The van der Waals surface area contributed by atoms with E-state index in [9.17, 15) is 9.59 Å². The number of methoxy groups -OCH3 is 2. The molecule has 0 radical (unpaired) electrons. The van der Waals surface area contributed by atoms with Crippen molar-refractivity contribution in [2.75, 3.05) is 25.3 Å². The van der Waals surface area contributed by atoms with E-state index in [2.05, 4.69) is 22.2 Å². The third-order valence-corrected chi connectivity index (χ3v) is 7.19. The Morgan fingerprint density at radius 2 is 2.20 bits per heavy atom. The highest BCUT2D eigenvalue weighted by Gasteiger charge is 2.23. The first-order chi connectivity index (χ1) is 14.5. The summed E-state index contributed by atoms with van der Waals surface area (Å²) >= 11 is 2.80. The number of amides is 1. The zero-order chi connectivity index (χ0) is 21.3. The SMILES string of the molecule is COc1ccc(OC)c(NC(=O)CSc2nc3sc4c(c3c(=O)[nH]2)CCC(C)C4)c1. The largest absolute Gasteiger partial charge is 0.497 e. The van der Waals surface area contributed by atoms with Gasteiger partial charge in [-0.2, -0.15) is 0 Å². The first-order valence-corrected chi connectivity index (χ1v) is 11.5. The molecule has 1 unspecified atom stereocenters. The van der Waals surface area contributed by atoms with Crippen LogP contribution in [0.1, 0.15) is 23.8 Å². The molecule has 3 aromatic rings. The molecule has 2 heterocycles. The number of anilines is 1. The molecule has 4 rings (SSSR count). The molecule has 30 heavy (non-hydrogen) atoms. The quantitative estimate of drug-likeness (QED) is 0.442. The molecule has 0 aliphatic heterocycles. The van der Waals surface area contributed by atoms with Crippen LogP contribution in [0.15, 0.2) is 28.2 Å². The van der Waals surface area contributed by atoms with Gasteiger partial charge in [-0.3, -0.25) is 9.59 Å². The molecule has 1 amide bonds. The third kappa shape index (κ3) is 4.17. The molecule has 1 aromatic carbocycles. The van der Waals surface area contributed by atoms with Crippen molar-refractivity contribution in [1.82, 2.24) is 9.97 Å². The van der Waals surface area contributed by atoms with E-state index in [1.54, 1.807) is 36.6 Å². The lowest BCUT2D eigenvalue weighted by atomic mass is 9.89. The number of fused-ring (bicyclic) bond motifs is 3. The molecule has 2 aromatic heterocycles. The van der Waals surface area contributed by atoms with E-state index in [1.807, 2.05) is 0 Å². The van der Waals surface area contributed by atoms with Crippen LogP contribution in [0.2, 0.25) is 0 Å². The number of hydrogen-bond acceptors (Lipinski definition) is 7. The number of ether oxygens (including phenoxy) is 2. The lowest BCUT2D eigenvalue weighted by Gasteiger charge is -2.17. The molecule has 0 saturated heterocycles. The number of aromatic nitrogens is 2. The summed E-state index contributed by atoms with van der Waals surface area (Å²) in [4.78, 5) is 34.6. The Labute approximate surface area is 182 Å². The standard InChI is InChI=1S/C21H23N3O4S2/c1-11-4-6-13-16(8-11)30-20-18(13)19(26)23-21(24-20)29-10-17(25)22-14-9-12(27-2)5-7-15(14)28-3/h5,7,9,11H,4,6,8,10H2,1-3H3,(H,22,25)(H,23,24,26). The minimum Gasteiger partial charge on any atom is -0.497 e. The molecular formula is C21H23N3O4S2. The average Bonchev–Trinajstić information content (AvgIpc) is 3.09. The molecule has 0 fully saturated rings. The number of hydrogen-bond donors (Lipinski definition) is 2. The van der Waals surface area contributed by atoms with Crippen molar-refractivity contribution < 1.29 is 14.3 Å². The Morgan fingerprint density at radius 1 is 1.37 bits per heavy atom. The van der Waals surface area contributed by atoms with Gasteiger partial charge < -0.3 is 19.8 Å². The number of benzene rings is 1. The summed E-state index contributed by atoms with van der Waals surface area (Å²) in [5.41, 5.74) is 1.56. The predicted octanol–water partition coefficient (Wildman–Crippen LogP) is 3.86. The fraction of sp³-hybridized carbons (Fsp3) is 0.381. The first kappa shape index (κ1) is 20.7. The molecule has 9 heteroatoms. The summed E-state index contributed by atoms with van der Waals surface area (Å²) in [7, 11) is 3.10. The molecule has 0 spiro atoms. The maximum atomic E-state index is 12.7. The fourth-order valence-corrected chi connectivity index (χ4v) is 5.73. The van der Waals surface area contributed by atoms with E-state index in [-0.39, 0.29) is 17.2 Å². The fourth-order valence-electron chi connectivity index (χ4n) is 3.63. The highest BCUT2D eigenvalue weighted by molar-refractivity contribution is 7.99. The van der Waals surface area contributed by atoms with Crippen molar-refractivity contribution in [3.8, 4) is 11.5 Å². The smallest absolute Gasteiger partial charge is 0.260 e. The van der Waals surface area contributed by atoms with Crippen LogP contribution in [-0.4, -0.2) is 35.8 Å². The van der Waals surface area contributed by atoms with Crippen LogP contribution >= 0.6 is 23.1 Å². The Bertz CT molecular complexity index is 1160. The minimum absolute atomic E-state index is 0.108. The second-order valence-corrected chi connectivity index (χ2v) is 9.35. The molecule has 7 nitrogen and oxygen atoms in total. The molecule has 1 aliphatic carbocycles. The summed E-state index contributed by atoms with van der Waals surface area (Å²) < 4.78 is 10.5. The highest BCUT2D eigenvalue weighted by Crippen LogP contribution is 2.36. The van der Waals surface area contributed by atoms with E-state index in [0.29, 0.717) is 28.3 Å². The number of rotatable bonds is 6. The highest BCUT2D eigenvalue weighted by atomic mass is 32.2. The van der Waals surface area contributed by atoms with Crippen molar-refractivity contribution in [3.63, 3.8) is 0 Å². The number of H-pyrrole nitrogens is 1. The van der Waals surface area contributed by atoms with Crippen LogP contribution < -0.4 is 20.3 Å². The lowest BCUT2D eigenvalue weighted by molar-refractivity contribution is -0.113. The van der Waals surface area contributed by atoms with Gasteiger partial charge in [0.2, 0.25) is 5.91 Å². The number of nitrogens with zero attached hydrogens (tertiary/aromatic N) is 1. The molecule has 1 atom stereocenters. The van der Waals surface area contributed by atoms with Gasteiger partial charge in [0.1, 0.15) is 16.3 Å². The minimum atomic E-state index is -0.228. The van der Waals surface area contributed by atoms with Crippen LogP contribution in [-0.2, 0) is 17.6 Å². The number of thiophene rings is 1. The molecule has 2 N–H and O–H groups in total. The Hall–Kier alpha value is -2.52. The van der Waals surface area contributed by atoms with Crippen LogP contribution in [0, 0.1) is 5.92 Å². The van der Waals surface area contributed by atoms with Crippen molar-refractivity contribution in [3.05, 3.63) is 39.0 Å². The zero-order valence-corrected chi connectivity index (χ0v) is 18.7. The van der Waals surface area contributed by atoms with Crippen molar-refractivity contribution in [2.24, 2.45) is 5.92 Å². The third-order valence-electron chi connectivity index (χ3n) is 5.16. The first-order valence-electron chi connectivity index (χ1n) is 9.67. The van der Waals surface area contributed by atoms with Gasteiger partial charge in [0.05, 0.1) is 31.0 Å². The maximum Gasteiger partial charge on any atom is 0.260 e. The summed E-state index contributed by atoms with van der Waals surface area (Å²) in [6.07, 6.45) is 3.03. The lowest BCUT2D eigenvalue weighted by Crippen LogP contribution is -2.16. The van der Waals surface area contributed by atoms with E-state index in [1.165, 1.54) is 23.7 Å². The van der Waals surface area contributed by atoms with Gasteiger partial charge in [0, 0.05) is 10.9 Å². The van der Waals surface area contributed by atoms with Crippen molar-refractivity contribution in [2.45, 2.75) is 31.3 Å². The predicted molar refractivity (Wildman–Crippen MR) is 120 cm³/mol. The van der Waals surface area contributed by atoms with Gasteiger partial charge >= 0.3 is 0 Å². The number of carbonyl (C=O) groups excluding carboxylic acids is 1. The second-order valence-electron chi connectivity index (χ2n) is 7.31. The van der Waals surface area contributed by atoms with Gasteiger partial charge in [-0.05, 0) is 42.9 Å². The Morgan fingerprint density at radius 3 is 2.97 bits per heavy atom. The number of thioether (sulfide) groups is 1. The van der Waals surface area contributed by atoms with E-state index in [4.69, 9.17) is 9.47 Å². The number of carbonyl (C=O) groups is 1. The normalized spacial score (nSPS) is 15.6. The van der Waals surface area contributed by atoms with Crippen molar-refractivity contribution >= 4 is 44.9 Å². The Kier molecular flexibility index (Phi) is 6.01. The van der Waals surface area contributed by atoms with Gasteiger partial charge in [-0.25, -0.2) is 4.98 Å². The summed E-state index contributed by atoms with van der Waals surface area (Å²) in [5.74, 6) is 1.67. The number of aromatic amines is 1. The molecular weight excluding hydrogens is 422 g/mol. The second kappa shape index (κ2) is 8.69. The van der Waals surface area contributed by atoms with Gasteiger partial charge in [-0.15, -0.1) is 11.3 Å². The Balaban J connectivity index is 1.49. The van der Waals surface area contributed by atoms with E-state index >= 15 is 0 Å². The average molecular weight is 446 g/mol. The van der Waals surface area contributed by atoms with Crippen LogP contribution in [0.25, 0.3) is 10.2 Å². The van der Waals surface area contributed by atoms with Crippen LogP contribution in [0.3, 0.4) is 0 Å². The number of nitrogens with one attached hydrogen (secondary N) is 2. The molecule has 1 aliphatic rings. The molecule has 0 bridgehead atoms. The van der Waals surface area contributed by atoms with Gasteiger partial charge in [-0.1, -0.05) is 18.7 Å². The summed E-state index contributed by atoms with van der Waals surface area (Å²) in [6, 6.07) is 5.19. The van der Waals surface area contributed by atoms with E-state index in [0.717, 1.165) is 35.0 Å². The summed E-state index contributed by atoms with van der Waals surface area (Å²) in [6.45, 7) is 2.24. The number of aryl methyl sites for hydroxylation is 1. The summed E-state index contributed by atoms with van der Waals surface area (Å²) in [5, 5.41) is 3.99. The topological polar surface area (TPSA) is 93.3 Å². The molecule has 0 saturated carbocycles. The zero-order valence-electron chi connectivity index (χ0n) is 17.0.